The molecule has 136 valence electrons. The van der Waals surface area contributed by atoms with Gasteiger partial charge in [-0.25, -0.2) is 9.67 Å². The zero-order valence-corrected chi connectivity index (χ0v) is 15.8. The Bertz CT molecular complexity index is 1300. The van der Waals surface area contributed by atoms with Crippen molar-refractivity contribution in [2.45, 2.75) is 13.0 Å². The van der Waals surface area contributed by atoms with E-state index in [0.29, 0.717) is 12.1 Å². The van der Waals surface area contributed by atoms with Gasteiger partial charge >= 0.3 is 0 Å². The lowest BCUT2D eigenvalue weighted by Crippen LogP contribution is -2.24. The zero-order chi connectivity index (χ0) is 18.5. The normalized spacial score (nSPS) is 13.9. The van der Waals surface area contributed by atoms with Crippen LogP contribution < -0.4 is 5.56 Å². The lowest BCUT2D eigenvalue weighted by Gasteiger charge is -2.03. The van der Waals surface area contributed by atoms with Crippen LogP contribution >= 0.6 is 11.3 Å². The van der Waals surface area contributed by atoms with Crippen molar-refractivity contribution in [3.8, 4) is 0 Å². The number of fused-ring (bicyclic) bond motifs is 3. The van der Waals surface area contributed by atoms with E-state index in [0.717, 1.165) is 45.1 Å². The van der Waals surface area contributed by atoms with Crippen LogP contribution in [0.5, 0.6) is 0 Å². The number of aryl methyl sites for hydroxylation is 2. The molecule has 0 radical (unpaired) electrons. The van der Waals surface area contributed by atoms with E-state index in [-0.39, 0.29) is 5.56 Å². The van der Waals surface area contributed by atoms with Gasteiger partial charge in [0.25, 0.3) is 5.56 Å². The second kappa shape index (κ2) is 5.98. The van der Waals surface area contributed by atoms with E-state index in [1.54, 1.807) is 22.2 Å². The van der Waals surface area contributed by atoms with Crippen molar-refractivity contribution >= 4 is 38.3 Å². The van der Waals surface area contributed by atoms with Crippen molar-refractivity contribution in [3.05, 3.63) is 51.7 Å². The summed E-state index contributed by atoms with van der Waals surface area (Å²) in [6.45, 7) is 1.10. The minimum Gasteiger partial charge on any atom is -0.323 e. The van der Waals surface area contributed by atoms with Crippen LogP contribution in [0.25, 0.3) is 21.3 Å². The Labute approximate surface area is 158 Å². The Balaban J connectivity index is 1.59. The molecule has 0 aliphatic carbocycles. The summed E-state index contributed by atoms with van der Waals surface area (Å²) < 4.78 is 6.04. The summed E-state index contributed by atoms with van der Waals surface area (Å²) >= 11 is 1.61. The minimum atomic E-state index is -0.129. The Morgan fingerprint density at radius 3 is 2.93 bits per heavy atom. The maximum atomic E-state index is 13.0. The van der Waals surface area contributed by atoms with Gasteiger partial charge in [-0.05, 0) is 12.1 Å². The molecule has 5 heterocycles. The number of aromatic nitrogens is 6. The second-order valence-corrected chi connectivity index (χ2v) is 7.66. The number of hydrogen-bond donors (Lipinski definition) is 0. The van der Waals surface area contributed by atoms with E-state index in [1.807, 2.05) is 43.1 Å². The Hall–Kier alpha value is -3.07. The summed E-state index contributed by atoms with van der Waals surface area (Å²) in [6.07, 6.45) is 8.43. The number of allylic oxidation sites excluding steroid dienone is 1. The number of nitrogens with zero attached hydrogens (tertiary/aromatic N) is 7. The topological polar surface area (TPSA) is 82.9 Å². The highest BCUT2D eigenvalue weighted by atomic mass is 32.1. The van der Waals surface area contributed by atoms with Gasteiger partial charge in [-0.15, -0.1) is 11.3 Å². The van der Waals surface area contributed by atoms with Crippen LogP contribution in [0.4, 0.5) is 0 Å². The standard InChI is InChI=1S/C18H17N7OS/c1-23-7-5-12(22-23)10-25-18(26)15-13(9-20-25)16-17(24(15)2)21-14(27-16)8-11-4-3-6-19-11/h3-5,7,9H,6,8,10H2,1-2H3. The average Bonchev–Trinajstić information content (AvgIpc) is 3.40. The van der Waals surface area contributed by atoms with E-state index >= 15 is 0 Å². The monoisotopic (exact) mass is 379 g/mol. The lowest BCUT2D eigenvalue weighted by molar-refractivity contribution is 0.619. The van der Waals surface area contributed by atoms with Crippen molar-refractivity contribution < 1.29 is 0 Å². The van der Waals surface area contributed by atoms with E-state index in [9.17, 15) is 4.79 Å². The van der Waals surface area contributed by atoms with Crippen LogP contribution in [0.2, 0.25) is 0 Å². The van der Waals surface area contributed by atoms with Crippen LogP contribution in [-0.4, -0.2) is 41.4 Å². The van der Waals surface area contributed by atoms with Gasteiger partial charge in [0.2, 0.25) is 0 Å². The summed E-state index contributed by atoms with van der Waals surface area (Å²) in [5.74, 6) is 0. The van der Waals surface area contributed by atoms with Crippen molar-refractivity contribution in [2.24, 2.45) is 19.1 Å². The summed E-state index contributed by atoms with van der Waals surface area (Å²) in [4.78, 5) is 22.2. The van der Waals surface area contributed by atoms with Crippen LogP contribution in [0.15, 0.2) is 40.4 Å². The molecule has 0 atom stereocenters. The highest BCUT2D eigenvalue weighted by Gasteiger charge is 2.19. The summed E-state index contributed by atoms with van der Waals surface area (Å²) in [5.41, 5.74) is 3.17. The Kier molecular flexibility index (Phi) is 3.57. The first-order valence-corrected chi connectivity index (χ1v) is 9.44. The van der Waals surface area contributed by atoms with Gasteiger partial charge in [0.15, 0.2) is 5.65 Å². The highest BCUT2D eigenvalue weighted by Crippen LogP contribution is 2.31. The highest BCUT2D eigenvalue weighted by molar-refractivity contribution is 7.19. The van der Waals surface area contributed by atoms with Crippen LogP contribution in [-0.2, 0) is 27.1 Å². The third-order valence-electron chi connectivity index (χ3n) is 4.69. The maximum Gasteiger partial charge on any atom is 0.291 e. The molecule has 0 N–H and O–H groups in total. The number of aliphatic imine (C=N–C) groups is 1. The van der Waals surface area contributed by atoms with Crippen LogP contribution in [0.3, 0.4) is 0 Å². The summed E-state index contributed by atoms with van der Waals surface area (Å²) in [5, 5.41) is 10.5. The fraction of sp³-hybridized carbons (Fsp3) is 0.278. The van der Waals surface area contributed by atoms with Crippen LogP contribution in [0.1, 0.15) is 10.7 Å². The van der Waals surface area contributed by atoms with Gasteiger partial charge in [0.1, 0.15) is 10.5 Å². The van der Waals surface area contributed by atoms with Gasteiger partial charge in [-0.2, -0.15) is 10.2 Å². The Morgan fingerprint density at radius 1 is 1.30 bits per heavy atom. The predicted molar refractivity (Wildman–Crippen MR) is 106 cm³/mol. The molecular weight excluding hydrogens is 362 g/mol. The van der Waals surface area contributed by atoms with E-state index in [2.05, 4.69) is 15.2 Å². The average molecular weight is 379 g/mol. The fourth-order valence-electron chi connectivity index (χ4n) is 3.40. The third kappa shape index (κ3) is 2.62. The molecule has 0 saturated heterocycles. The molecule has 0 bridgehead atoms. The van der Waals surface area contributed by atoms with Gasteiger partial charge in [-0.3, -0.25) is 14.5 Å². The molecule has 8 nitrogen and oxygen atoms in total. The van der Waals surface area contributed by atoms with Crippen molar-refractivity contribution in [3.63, 3.8) is 0 Å². The van der Waals surface area contributed by atoms with Gasteiger partial charge in [0.05, 0.1) is 29.7 Å². The Morgan fingerprint density at radius 2 is 2.19 bits per heavy atom. The number of thiazole rings is 1. The van der Waals surface area contributed by atoms with E-state index in [1.165, 1.54) is 4.68 Å². The largest absolute Gasteiger partial charge is 0.323 e. The molecule has 0 saturated carbocycles. The minimum absolute atomic E-state index is 0.129. The predicted octanol–water partition coefficient (Wildman–Crippen LogP) is 1.68. The maximum absolute atomic E-state index is 13.0. The molecule has 5 rings (SSSR count). The molecule has 0 aromatic carbocycles. The molecule has 0 fully saturated rings. The molecule has 0 spiro atoms. The SMILES string of the molecule is Cn1ccc(Cn2ncc3c4sc(CC5=NCC=C5)nc4n(C)c3c2=O)n1. The summed E-state index contributed by atoms with van der Waals surface area (Å²) in [7, 11) is 3.73. The molecule has 1 aliphatic heterocycles. The van der Waals surface area contributed by atoms with Crippen molar-refractivity contribution in [2.75, 3.05) is 6.54 Å². The third-order valence-corrected chi connectivity index (χ3v) is 5.77. The lowest BCUT2D eigenvalue weighted by atomic mass is 10.3. The molecule has 4 aromatic rings. The van der Waals surface area contributed by atoms with E-state index < -0.39 is 0 Å². The zero-order valence-electron chi connectivity index (χ0n) is 15.0. The quantitative estimate of drug-likeness (QED) is 0.540. The van der Waals surface area contributed by atoms with E-state index in [4.69, 9.17) is 4.98 Å². The molecule has 0 unspecified atom stereocenters. The first kappa shape index (κ1) is 16.1. The molecule has 0 amide bonds. The molecule has 4 aromatic heterocycles. The molecule has 1 aliphatic rings. The second-order valence-electron chi connectivity index (χ2n) is 6.58. The van der Waals surface area contributed by atoms with Gasteiger partial charge in [-0.1, -0.05) is 6.08 Å². The number of hydrogen-bond acceptors (Lipinski definition) is 6. The van der Waals surface area contributed by atoms with Crippen molar-refractivity contribution in [1.82, 2.24) is 29.1 Å². The first-order valence-electron chi connectivity index (χ1n) is 8.62. The number of rotatable bonds is 4. The fourth-order valence-corrected chi connectivity index (χ4v) is 4.52. The molecule has 27 heavy (non-hydrogen) atoms. The smallest absolute Gasteiger partial charge is 0.291 e. The van der Waals surface area contributed by atoms with Gasteiger partial charge in [0, 0.05) is 37.8 Å². The first-order chi connectivity index (χ1) is 13.1. The van der Waals surface area contributed by atoms with Crippen molar-refractivity contribution in [1.29, 1.82) is 0 Å². The molecule has 9 heteroatoms. The van der Waals surface area contributed by atoms with Gasteiger partial charge < -0.3 is 4.57 Å². The van der Waals surface area contributed by atoms with Crippen LogP contribution in [0, 0.1) is 0 Å². The molecular formula is C18H17N7OS. The summed E-state index contributed by atoms with van der Waals surface area (Å²) in [6, 6.07) is 1.88.